The largest absolute Gasteiger partial charge is 0.634 e. The smallest absolute Gasteiger partial charge is 0.404 e. The highest BCUT2D eigenvalue weighted by atomic mass is 28.5. The van der Waals surface area contributed by atoms with Crippen LogP contribution in [0.25, 0.3) is 0 Å². The molecule has 0 aliphatic rings. The van der Waals surface area contributed by atoms with Crippen LogP contribution in [0.15, 0.2) is 0 Å². The van der Waals surface area contributed by atoms with E-state index in [2.05, 4.69) is 0 Å². The summed E-state index contributed by atoms with van der Waals surface area (Å²) in [6.45, 7) is 0. The minimum Gasteiger partial charge on any atom is -0.404 e. The van der Waals surface area contributed by atoms with Gasteiger partial charge in [-0.2, -0.15) is 0 Å². The van der Waals surface area contributed by atoms with Crippen molar-refractivity contribution in [3.63, 3.8) is 0 Å². The first-order valence-electron chi connectivity index (χ1n) is 2.45. The van der Waals surface area contributed by atoms with Gasteiger partial charge in [-0.15, -0.1) is 0 Å². The second-order valence-electron chi connectivity index (χ2n) is 1.32. The van der Waals surface area contributed by atoms with Crippen LogP contribution in [-0.2, 0) is 16.5 Å². The molecule has 0 aliphatic carbocycles. The van der Waals surface area contributed by atoms with E-state index in [0.717, 1.165) is 0 Å². The lowest BCUT2D eigenvalue weighted by atomic mass is 12.0. The van der Waals surface area contributed by atoms with Crippen LogP contribution in [0, 0.1) is 0 Å². The van der Waals surface area contributed by atoms with Crippen LogP contribution >= 0.6 is 0 Å². The second-order valence-corrected chi connectivity index (χ2v) is 8.85. The molecule has 0 unspecified atom stereocenters. The monoisotopic (exact) mass is 344 g/mol. The average molecular weight is 345 g/mol. The van der Waals surface area contributed by atoms with Gasteiger partial charge in [-0.1, -0.05) is 59.4 Å². The van der Waals surface area contributed by atoms with E-state index in [1.54, 1.807) is 0 Å². The van der Waals surface area contributed by atoms with Crippen molar-refractivity contribution in [2.75, 3.05) is 0 Å². The van der Waals surface area contributed by atoms with E-state index < -0.39 is 9.05 Å². The Bertz CT molecular complexity index is 68.8. The fourth-order valence-corrected chi connectivity index (χ4v) is 13.5. The van der Waals surface area contributed by atoms with Gasteiger partial charge in [0.1, 0.15) is 41.9 Å². The Morgan fingerprint density at radius 1 is 0.412 bits per heavy atom. The molecular weight excluding hydrogens is 301 g/mol. The van der Waals surface area contributed by atoms with Crippen LogP contribution in [0.4, 0.5) is 0 Å². The van der Waals surface area contributed by atoms with Crippen LogP contribution < -0.4 is 0 Å². The maximum Gasteiger partial charge on any atom is 0.634 e. The van der Waals surface area contributed by atoms with Crippen molar-refractivity contribution in [1.29, 1.82) is 0 Å². The van der Waals surface area contributed by atoms with Gasteiger partial charge < -0.3 is 16.5 Å². The van der Waals surface area contributed by atoms with Gasteiger partial charge in [0, 0.05) is 0 Å². The maximum atomic E-state index is 5.10. The first kappa shape index (κ1) is 64.5. The van der Waals surface area contributed by atoms with Crippen molar-refractivity contribution in [3.8, 4) is 0 Å². The molecule has 0 rings (SSSR count). The third-order valence-electron chi connectivity index (χ3n) is 1.00. The first-order valence-corrected chi connectivity index (χ1v) is 7.35. The molecule has 0 aromatic heterocycles. The maximum absolute atomic E-state index is 5.10. The average Bonchev–Trinajstić information content (AvgIpc) is 1.95. The fourth-order valence-electron chi connectivity index (χ4n) is 0.500. The van der Waals surface area contributed by atoms with Gasteiger partial charge in [-0.25, -0.2) is 0 Å². The highest BCUT2D eigenvalue weighted by Gasteiger charge is 2.36. The van der Waals surface area contributed by atoms with Crippen molar-refractivity contribution in [3.05, 3.63) is 0 Å². The molecule has 0 fully saturated rings. The molecule has 0 aliphatic heterocycles. The molecule has 0 amide bonds. The van der Waals surface area contributed by atoms with Crippen LogP contribution in [0.2, 0.25) is 0 Å². The summed E-state index contributed by atoms with van der Waals surface area (Å²) in [4.78, 5) is 0. The molecule has 17 heavy (non-hydrogen) atoms. The molecular formula is C8H44O4Si5. The molecule has 0 spiro atoms. The molecule has 120 valence electrons. The third-order valence-corrected chi connectivity index (χ3v) is 9.00. The predicted octanol–water partition coefficient (Wildman–Crippen LogP) is -0.301. The highest BCUT2D eigenvalue weighted by Crippen LogP contribution is 2.02. The van der Waals surface area contributed by atoms with Crippen molar-refractivity contribution >= 4 is 51.0 Å². The Kier molecular flexibility index (Phi) is 136. The van der Waals surface area contributed by atoms with Gasteiger partial charge in [-0.05, 0) is 0 Å². The summed E-state index contributed by atoms with van der Waals surface area (Å²) in [6, 6.07) is 0. The Morgan fingerprint density at radius 2 is 0.529 bits per heavy atom. The molecule has 0 aromatic carbocycles. The minimum absolute atomic E-state index is 0. The molecule has 0 heterocycles. The van der Waals surface area contributed by atoms with Gasteiger partial charge in [0.2, 0.25) is 0 Å². The number of rotatable bonds is 4. The lowest BCUT2D eigenvalue weighted by Gasteiger charge is -2.22. The molecule has 0 saturated carbocycles. The lowest BCUT2D eigenvalue weighted by Crippen LogP contribution is -2.46. The molecule has 0 radical (unpaired) electrons. The Morgan fingerprint density at radius 3 is 0.529 bits per heavy atom. The van der Waals surface area contributed by atoms with E-state index in [9.17, 15) is 0 Å². The van der Waals surface area contributed by atoms with Crippen molar-refractivity contribution < 1.29 is 16.5 Å². The first-order chi connectivity index (χ1) is 4.24. The summed E-state index contributed by atoms with van der Waals surface area (Å²) >= 11 is 0. The fraction of sp³-hybridized carbons (Fsp3) is 1.00. The number of hydrogen-bond donors (Lipinski definition) is 0. The summed E-state index contributed by atoms with van der Waals surface area (Å²) in [5.41, 5.74) is 0. The number of hydrogen-bond acceptors (Lipinski definition) is 4. The normalized spacial score (nSPS) is 9.88. The molecule has 0 N–H and O–H groups in total. The summed E-state index contributed by atoms with van der Waals surface area (Å²) in [5.74, 6) is 0. The van der Waals surface area contributed by atoms with Crippen LogP contribution in [0.3, 0.4) is 0 Å². The van der Waals surface area contributed by atoms with E-state index in [1.165, 1.54) is 0 Å². The van der Waals surface area contributed by atoms with Crippen LogP contribution in [0.1, 0.15) is 59.4 Å². The summed E-state index contributed by atoms with van der Waals surface area (Å²) in [6.07, 6.45) is 0. The SMILES string of the molecule is C.C.C.C.C.C.C.C.[SiH3]O[Si](O[SiH3])(O[SiH3])O[SiH3]. The predicted molar refractivity (Wildman–Crippen MR) is 104 cm³/mol. The van der Waals surface area contributed by atoms with E-state index in [1.807, 2.05) is 0 Å². The molecule has 0 bridgehead atoms. The lowest BCUT2D eigenvalue weighted by molar-refractivity contribution is 0.189. The van der Waals surface area contributed by atoms with E-state index in [4.69, 9.17) is 16.5 Å². The summed E-state index contributed by atoms with van der Waals surface area (Å²) in [7, 11) is 0.0694. The van der Waals surface area contributed by atoms with E-state index in [-0.39, 0.29) is 59.4 Å². The van der Waals surface area contributed by atoms with Gasteiger partial charge in [-0.3, -0.25) is 0 Å². The molecule has 9 heteroatoms. The zero-order chi connectivity index (χ0) is 7.33. The zero-order valence-corrected chi connectivity index (χ0v) is 15.1. The van der Waals surface area contributed by atoms with Gasteiger partial charge >= 0.3 is 9.05 Å². The zero-order valence-electron chi connectivity index (χ0n) is 6.13. The summed E-state index contributed by atoms with van der Waals surface area (Å²) in [5, 5.41) is 0. The van der Waals surface area contributed by atoms with Gasteiger partial charge in [0.25, 0.3) is 0 Å². The van der Waals surface area contributed by atoms with E-state index in [0.29, 0.717) is 41.9 Å². The van der Waals surface area contributed by atoms with Gasteiger partial charge in [0.15, 0.2) is 0 Å². The Balaban J connectivity index is -0.0000000114. The topological polar surface area (TPSA) is 36.9 Å². The molecule has 0 aromatic rings. The van der Waals surface area contributed by atoms with E-state index >= 15 is 0 Å². The molecule has 0 atom stereocenters. The Hall–Kier alpha value is 0.924. The van der Waals surface area contributed by atoms with Crippen molar-refractivity contribution in [1.82, 2.24) is 0 Å². The summed E-state index contributed by atoms with van der Waals surface area (Å²) < 4.78 is 20.4. The van der Waals surface area contributed by atoms with Crippen molar-refractivity contribution in [2.24, 2.45) is 0 Å². The quantitative estimate of drug-likeness (QED) is 0.656. The minimum atomic E-state index is -2.44. The second kappa shape index (κ2) is 36.0. The molecule has 0 saturated heterocycles. The molecule has 4 nitrogen and oxygen atoms in total. The standard InChI is InChI=1S/8CH4.H12O4Si5/c;;;;;;;;5-1-9(2-6,3-7)4-8/h8*1H4;5-8H3. The van der Waals surface area contributed by atoms with Crippen LogP contribution in [0.5, 0.6) is 0 Å². The third kappa shape index (κ3) is 22.6. The van der Waals surface area contributed by atoms with Gasteiger partial charge in [0.05, 0.1) is 0 Å². The van der Waals surface area contributed by atoms with Crippen molar-refractivity contribution in [2.45, 2.75) is 59.4 Å². The van der Waals surface area contributed by atoms with Crippen LogP contribution in [-0.4, -0.2) is 51.0 Å². The highest BCUT2D eigenvalue weighted by molar-refractivity contribution is 6.66. The Labute approximate surface area is 127 Å².